The Hall–Kier alpha value is -0.950. The summed E-state index contributed by atoms with van der Waals surface area (Å²) in [4.78, 5) is 2.70. The number of hydrogen-bond acceptors (Lipinski definition) is 0. The molecule has 0 unspecified atom stereocenters. The lowest BCUT2D eigenvalue weighted by molar-refractivity contribution is 0.0141. The molecule has 0 aromatic heterocycles. The van der Waals surface area contributed by atoms with Crippen molar-refractivity contribution in [2.24, 2.45) is 0 Å². The topological polar surface area (TPSA) is 4.36 Å². The molecule has 0 radical (unpaired) electrons. The Morgan fingerprint density at radius 1 is 1.46 bits per heavy atom. The zero-order valence-electron chi connectivity index (χ0n) is 6.60. The Morgan fingerprint density at radius 3 is 2.69 bits per heavy atom. The molecule has 0 saturated carbocycles. The summed E-state index contributed by atoms with van der Waals surface area (Å²) in [5.74, 6) is -3.05. The van der Waals surface area contributed by atoms with Crippen molar-refractivity contribution >= 4 is 15.9 Å². The number of alkyl halides is 2. The van der Waals surface area contributed by atoms with Gasteiger partial charge in [-0.15, -0.1) is 0 Å². The molecule has 0 saturated heterocycles. The van der Waals surface area contributed by atoms with E-state index in [9.17, 15) is 8.78 Å². The van der Waals surface area contributed by atoms with Gasteiger partial charge < -0.3 is 4.85 Å². The molecule has 0 aliphatic rings. The van der Waals surface area contributed by atoms with E-state index >= 15 is 0 Å². The van der Waals surface area contributed by atoms with Crippen LogP contribution < -0.4 is 0 Å². The van der Waals surface area contributed by atoms with Gasteiger partial charge in [-0.05, 0) is 12.1 Å². The van der Waals surface area contributed by atoms with Crippen LogP contribution in [0.4, 0.5) is 8.78 Å². The van der Waals surface area contributed by atoms with Gasteiger partial charge in [0.1, 0.15) is 0 Å². The van der Waals surface area contributed by atoms with Crippen molar-refractivity contribution in [2.75, 3.05) is 6.54 Å². The van der Waals surface area contributed by atoms with Crippen LogP contribution >= 0.6 is 15.9 Å². The first-order valence-corrected chi connectivity index (χ1v) is 4.32. The highest BCUT2D eigenvalue weighted by Crippen LogP contribution is 2.29. The van der Waals surface area contributed by atoms with Crippen molar-refractivity contribution in [3.8, 4) is 0 Å². The van der Waals surface area contributed by atoms with Gasteiger partial charge in [0.15, 0.2) is 0 Å². The average molecular weight is 246 g/mol. The normalized spacial score (nSPS) is 10.9. The second kappa shape index (κ2) is 3.84. The molecule has 0 heterocycles. The molecule has 0 aliphatic heterocycles. The molecule has 1 aromatic rings. The lowest BCUT2D eigenvalue weighted by atomic mass is 10.1. The third-order valence-electron chi connectivity index (χ3n) is 1.52. The van der Waals surface area contributed by atoms with Gasteiger partial charge in [0.25, 0.3) is 6.54 Å². The van der Waals surface area contributed by atoms with E-state index in [1.165, 1.54) is 18.2 Å². The number of halogens is 3. The standard InChI is InChI=1S/C9H6BrF2N/c1-13-6-9(11,12)7-3-2-4-8(10)5-7/h2-5H,6H2. The monoisotopic (exact) mass is 245 g/mol. The maximum absolute atomic E-state index is 13.1. The van der Waals surface area contributed by atoms with Crippen molar-refractivity contribution in [3.63, 3.8) is 0 Å². The summed E-state index contributed by atoms with van der Waals surface area (Å²) in [6, 6.07) is 5.83. The van der Waals surface area contributed by atoms with Gasteiger partial charge in [0, 0.05) is 10.0 Å². The maximum atomic E-state index is 13.1. The van der Waals surface area contributed by atoms with Gasteiger partial charge in [0.2, 0.25) is 0 Å². The summed E-state index contributed by atoms with van der Waals surface area (Å²) in [5, 5.41) is 0. The number of benzene rings is 1. The summed E-state index contributed by atoms with van der Waals surface area (Å²) < 4.78 is 26.8. The maximum Gasteiger partial charge on any atom is 0.343 e. The van der Waals surface area contributed by atoms with Crippen LogP contribution in [0.1, 0.15) is 5.56 Å². The Balaban J connectivity index is 3.01. The fourth-order valence-corrected chi connectivity index (χ4v) is 1.31. The van der Waals surface area contributed by atoms with Gasteiger partial charge in [-0.3, -0.25) is 0 Å². The van der Waals surface area contributed by atoms with Gasteiger partial charge in [-0.2, -0.15) is 8.78 Å². The van der Waals surface area contributed by atoms with E-state index in [1.807, 2.05) is 0 Å². The van der Waals surface area contributed by atoms with E-state index < -0.39 is 12.5 Å². The highest BCUT2D eigenvalue weighted by molar-refractivity contribution is 9.10. The predicted octanol–water partition coefficient (Wildman–Crippen LogP) is 3.46. The Kier molecular flexibility index (Phi) is 2.99. The largest absolute Gasteiger partial charge is 0.343 e. The molecule has 0 fully saturated rings. The first kappa shape index (κ1) is 10.1. The number of rotatable bonds is 2. The van der Waals surface area contributed by atoms with Crippen LogP contribution in [0, 0.1) is 6.57 Å². The molecule has 4 heteroatoms. The minimum absolute atomic E-state index is 0.127. The van der Waals surface area contributed by atoms with Crippen molar-refractivity contribution in [3.05, 3.63) is 45.7 Å². The van der Waals surface area contributed by atoms with Gasteiger partial charge >= 0.3 is 5.92 Å². The first-order valence-electron chi connectivity index (χ1n) is 3.53. The van der Waals surface area contributed by atoms with Crippen molar-refractivity contribution in [2.45, 2.75) is 5.92 Å². The smallest absolute Gasteiger partial charge is 0.310 e. The first-order chi connectivity index (χ1) is 6.06. The summed E-state index contributed by atoms with van der Waals surface area (Å²) in [5.41, 5.74) is -0.127. The van der Waals surface area contributed by atoms with Crippen LogP contribution in [0.15, 0.2) is 28.7 Å². The second-order valence-corrected chi connectivity index (χ2v) is 3.45. The van der Waals surface area contributed by atoms with Gasteiger partial charge in [-0.25, -0.2) is 6.57 Å². The zero-order valence-corrected chi connectivity index (χ0v) is 8.18. The van der Waals surface area contributed by atoms with Crippen molar-refractivity contribution in [1.82, 2.24) is 0 Å². The molecule has 0 aliphatic carbocycles. The Bertz CT molecular complexity index is 344. The van der Waals surface area contributed by atoms with E-state index in [-0.39, 0.29) is 5.56 Å². The van der Waals surface area contributed by atoms with E-state index in [0.29, 0.717) is 4.47 Å². The SMILES string of the molecule is [C-]#[N+]CC(F)(F)c1cccc(Br)c1. The van der Waals surface area contributed by atoms with Gasteiger partial charge in [-0.1, -0.05) is 28.1 Å². The molecule has 0 N–H and O–H groups in total. The van der Waals surface area contributed by atoms with Crippen LogP contribution in [0.25, 0.3) is 4.85 Å². The van der Waals surface area contributed by atoms with E-state index in [4.69, 9.17) is 6.57 Å². The Labute approximate surface area is 83.3 Å². The van der Waals surface area contributed by atoms with Crippen LogP contribution in [-0.4, -0.2) is 6.54 Å². The molecular weight excluding hydrogens is 240 g/mol. The number of hydrogen-bond donors (Lipinski definition) is 0. The summed E-state index contributed by atoms with van der Waals surface area (Å²) in [6.45, 7) is 5.59. The third-order valence-corrected chi connectivity index (χ3v) is 2.02. The minimum Gasteiger partial charge on any atom is -0.310 e. The average Bonchev–Trinajstić information content (AvgIpc) is 2.04. The molecule has 0 amide bonds. The molecule has 0 spiro atoms. The van der Waals surface area contributed by atoms with E-state index in [2.05, 4.69) is 20.8 Å². The summed E-state index contributed by atoms with van der Waals surface area (Å²) in [7, 11) is 0. The lowest BCUT2D eigenvalue weighted by Crippen LogP contribution is -2.16. The molecule has 1 aromatic carbocycles. The highest BCUT2D eigenvalue weighted by atomic mass is 79.9. The van der Waals surface area contributed by atoms with Crippen LogP contribution in [0.5, 0.6) is 0 Å². The predicted molar refractivity (Wildman–Crippen MR) is 49.5 cm³/mol. The molecule has 1 rings (SSSR count). The highest BCUT2D eigenvalue weighted by Gasteiger charge is 2.35. The van der Waals surface area contributed by atoms with Crippen LogP contribution in [0.3, 0.4) is 0 Å². The molecule has 0 bridgehead atoms. The second-order valence-electron chi connectivity index (χ2n) is 2.53. The van der Waals surface area contributed by atoms with Crippen molar-refractivity contribution < 1.29 is 8.78 Å². The van der Waals surface area contributed by atoms with Gasteiger partial charge in [0.05, 0.1) is 0 Å². The minimum atomic E-state index is -3.05. The molecule has 13 heavy (non-hydrogen) atoms. The summed E-state index contributed by atoms with van der Waals surface area (Å²) >= 11 is 3.09. The number of nitrogens with zero attached hydrogens (tertiary/aromatic N) is 1. The van der Waals surface area contributed by atoms with Crippen LogP contribution in [-0.2, 0) is 5.92 Å². The quantitative estimate of drug-likeness (QED) is 0.704. The lowest BCUT2D eigenvalue weighted by Gasteiger charge is -2.10. The van der Waals surface area contributed by atoms with E-state index in [1.54, 1.807) is 6.07 Å². The van der Waals surface area contributed by atoms with Crippen molar-refractivity contribution in [1.29, 1.82) is 0 Å². The summed E-state index contributed by atoms with van der Waals surface area (Å²) in [6.07, 6.45) is 0. The van der Waals surface area contributed by atoms with Crippen LogP contribution in [0.2, 0.25) is 0 Å². The molecule has 0 atom stereocenters. The molecule has 1 nitrogen and oxygen atoms in total. The fourth-order valence-electron chi connectivity index (χ4n) is 0.907. The molecular formula is C9H6BrF2N. The zero-order chi connectivity index (χ0) is 9.90. The third kappa shape index (κ3) is 2.49. The molecule has 68 valence electrons. The van der Waals surface area contributed by atoms with E-state index in [0.717, 1.165) is 0 Å². The fraction of sp³-hybridized carbons (Fsp3) is 0.222. The Morgan fingerprint density at radius 2 is 2.15 bits per heavy atom.